The molecule has 0 bridgehead atoms. The number of nitrogens with zero attached hydrogens (tertiary/aromatic N) is 3. The van der Waals surface area contributed by atoms with Crippen molar-refractivity contribution in [2.45, 2.75) is 31.3 Å². The molecule has 0 unspecified atom stereocenters. The molecule has 1 saturated heterocycles. The Morgan fingerprint density at radius 2 is 1.93 bits per heavy atom. The van der Waals surface area contributed by atoms with Crippen LogP contribution in [0.25, 0.3) is 10.9 Å². The second-order valence-corrected chi connectivity index (χ2v) is 7.98. The zero-order valence-electron chi connectivity index (χ0n) is 15.4. The first-order chi connectivity index (χ1) is 12.6. The fraction of sp³-hybridized carbons (Fsp3) is 0.474. The maximum Gasteiger partial charge on any atom is 0.341 e. The molecule has 2 aromatic rings. The lowest BCUT2D eigenvalue weighted by Crippen LogP contribution is -2.67. The van der Waals surface area contributed by atoms with Gasteiger partial charge in [-0.3, -0.25) is 4.79 Å². The Bertz CT molecular complexity index is 1020. The minimum Gasteiger partial charge on any atom is -0.477 e. The number of carboxylic acid groups (broad SMARTS) is 1. The molecule has 0 radical (unpaired) electrons. The fourth-order valence-corrected chi connectivity index (χ4v) is 3.73. The van der Waals surface area contributed by atoms with Gasteiger partial charge in [0.15, 0.2) is 5.82 Å². The van der Waals surface area contributed by atoms with Crippen LogP contribution < -0.4 is 10.3 Å². The maximum absolute atomic E-state index is 15.4. The standard InChI is InChI=1S/C19H21F2N3O3/c1-19(22(2)3)8-23(9-19)16-13(20)6-11-15(14(16)21)24(10-4-5-10)7-12(17(11)25)18(26)27/h6-7,10H,4-5,8-9H2,1-3H3,(H,26,27). The number of carbonyl (C=O) groups is 1. The van der Waals surface area contributed by atoms with Gasteiger partial charge in [0, 0.05) is 25.3 Å². The number of anilines is 1. The average Bonchev–Trinajstić information content (AvgIpc) is 3.38. The summed E-state index contributed by atoms with van der Waals surface area (Å²) in [6, 6.07) is 0.912. The Balaban J connectivity index is 1.92. The zero-order chi connectivity index (χ0) is 19.7. The number of fused-ring (bicyclic) bond motifs is 1. The Morgan fingerprint density at radius 3 is 2.44 bits per heavy atom. The number of pyridine rings is 1. The number of aromatic carboxylic acids is 1. The summed E-state index contributed by atoms with van der Waals surface area (Å²) in [6.45, 7) is 2.93. The molecule has 8 heteroatoms. The predicted octanol–water partition coefficient (Wildman–Crippen LogP) is 2.45. The lowest BCUT2D eigenvalue weighted by molar-refractivity contribution is 0.0694. The van der Waals surface area contributed by atoms with Gasteiger partial charge in [0.05, 0.1) is 16.4 Å². The smallest absolute Gasteiger partial charge is 0.341 e. The van der Waals surface area contributed by atoms with Crippen LogP contribution in [0.5, 0.6) is 0 Å². The molecule has 1 aliphatic carbocycles. The summed E-state index contributed by atoms with van der Waals surface area (Å²) in [6.07, 6.45) is 2.73. The molecule has 1 aromatic heterocycles. The molecular formula is C19H21F2N3O3. The number of likely N-dealkylation sites (N-methyl/N-ethyl adjacent to an activating group) is 1. The summed E-state index contributed by atoms with van der Waals surface area (Å²) in [5.41, 5.74) is -1.68. The van der Waals surface area contributed by atoms with E-state index in [1.54, 1.807) is 4.90 Å². The largest absolute Gasteiger partial charge is 0.477 e. The highest BCUT2D eigenvalue weighted by molar-refractivity contribution is 5.94. The van der Waals surface area contributed by atoms with Crippen LogP contribution >= 0.6 is 0 Å². The Labute approximate surface area is 154 Å². The van der Waals surface area contributed by atoms with Crippen LogP contribution in [-0.4, -0.2) is 53.3 Å². The molecular weight excluding hydrogens is 356 g/mol. The van der Waals surface area contributed by atoms with E-state index in [9.17, 15) is 19.1 Å². The Kier molecular flexibility index (Phi) is 3.82. The van der Waals surface area contributed by atoms with E-state index in [4.69, 9.17) is 0 Å². The number of carboxylic acids is 1. The van der Waals surface area contributed by atoms with E-state index in [-0.39, 0.29) is 28.2 Å². The van der Waals surface area contributed by atoms with Crippen molar-refractivity contribution in [2.75, 3.05) is 32.1 Å². The lowest BCUT2D eigenvalue weighted by atomic mass is 9.90. The van der Waals surface area contributed by atoms with E-state index in [1.807, 2.05) is 25.9 Å². The van der Waals surface area contributed by atoms with Crippen molar-refractivity contribution in [1.29, 1.82) is 0 Å². The van der Waals surface area contributed by atoms with E-state index >= 15 is 4.39 Å². The number of hydrogen-bond acceptors (Lipinski definition) is 4. The molecule has 2 heterocycles. The quantitative estimate of drug-likeness (QED) is 0.887. The second-order valence-electron chi connectivity index (χ2n) is 7.98. The molecule has 1 aromatic carbocycles. The van der Waals surface area contributed by atoms with Gasteiger partial charge >= 0.3 is 5.97 Å². The first-order valence-corrected chi connectivity index (χ1v) is 8.86. The summed E-state index contributed by atoms with van der Waals surface area (Å²) in [7, 11) is 3.84. The van der Waals surface area contributed by atoms with Crippen molar-refractivity contribution in [3.63, 3.8) is 0 Å². The van der Waals surface area contributed by atoms with Crippen molar-refractivity contribution < 1.29 is 18.7 Å². The molecule has 2 aliphatic rings. The molecule has 2 fully saturated rings. The molecule has 0 spiro atoms. The van der Waals surface area contributed by atoms with E-state index in [0.717, 1.165) is 18.9 Å². The first kappa shape index (κ1) is 17.9. The van der Waals surface area contributed by atoms with Crippen LogP contribution in [0.4, 0.5) is 14.5 Å². The summed E-state index contributed by atoms with van der Waals surface area (Å²) in [4.78, 5) is 27.5. The monoisotopic (exact) mass is 377 g/mol. The third kappa shape index (κ3) is 2.62. The highest BCUT2D eigenvalue weighted by Gasteiger charge is 2.43. The SMILES string of the molecule is CN(C)C1(C)CN(c2c(F)cc3c(=O)c(C(=O)O)cn(C4CC4)c3c2F)C1. The van der Waals surface area contributed by atoms with Crippen LogP contribution in [0, 0.1) is 11.6 Å². The molecule has 0 amide bonds. The fourth-order valence-electron chi connectivity index (χ4n) is 3.73. The highest BCUT2D eigenvalue weighted by Crippen LogP contribution is 2.41. The average molecular weight is 377 g/mol. The third-order valence-corrected chi connectivity index (χ3v) is 5.81. The molecule has 6 nitrogen and oxygen atoms in total. The van der Waals surface area contributed by atoms with Crippen molar-refractivity contribution in [1.82, 2.24) is 9.47 Å². The summed E-state index contributed by atoms with van der Waals surface area (Å²) < 4.78 is 31.7. The lowest BCUT2D eigenvalue weighted by Gasteiger charge is -2.53. The minimum absolute atomic E-state index is 0.0117. The van der Waals surface area contributed by atoms with E-state index in [1.165, 1.54) is 10.8 Å². The molecule has 144 valence electrons. The number of benzene rings is 1. The van der Waals surface area contributed by atoms with Crippen LogP contribution in [-0.2, 0) is 0 Å². The summed E-state index contributed by atoms with van der Waals surface area (Å²) in [5.74, 6) is -3.04. The number of aromatic nitrogens is 1. The van der Waals surface area contributed by atoms with Gasteiger partial charge in [0.25, 0.3) is 0 Å². The van der Waals surface area contributed by atoms with Gasteiger partial charge in [-0.1, -0.05) is 0 Å². The summed E-state index contributed by atoms with van der Waals surface area (Å²) in [5, 5.41) is 9.05. The van der Waals surface area contributed by atoms with Crippen LogP contribution in [0.15, 0.2) is 17.1 Å². The van der Waals surface area contributed by atoms with E-state index in [2.05, 4.69) is 0 Å². The zero-order valence-corrected chi connectivity index (χ0v) is 15.4. The van der Waals surface area contributed by atoms with Crippen molar-refractivity contribution >= 4 is 22.6 Å². The van der Waals surface area contributed by atoms with Crippen molar-refractivity contribution in [3.05, 3.63) is 39.7 Å². The summed E-state index contributed by atoms with van der Waals surface area (Å²) >= 11 is 0. The van der Waals surface area contributed by atoms with Gasteiger partial charge < -0.3 is 19.5 Å². The minimum atomic E-state index is -1.40. The van der Waals surface area contributed by atoms with Crippen molar-refractivity contribution in [2.24, 2.45) is 0 Å². The van der Waals surface area contributed by atoms with Crippen LogP contribution in [0.2, 0.25) is 0 Å². The predicted molar refractivity (Wildman–Crippen MR) is 97.7 cm³/mol. The maximum atomic E-state index is 15.4. The van der Waals surface area contributed by atoms with Gasteiger partial charge in [-0.15, -0.1) is 0 Å². The number of hydrogen-bond donors (Lipinski definition) is 1. The number of halogens is 2. The van der Waals surface area contributed by atoms with Crippen molar-refractivity contribution in [3.8, 4) is 0 Å². The van der Waals surface area contributed by atoms with Crippen LogP contribution in [0.3, 0.4) is 0 Å². The third-order valence-electron chi connectivity index (χ3n) is 5.81. The number of rotatable bonds is 4. The van der Waals surface area contributed by atoms with Crippen LogP contribution in [0.1, 0.15) is 36.2 Å². The van der Waals surface area contributed by atoms with Gasteiger partial charge in [0.1, 0.15) is 17.1 Å². The Morgan fingerprint density at radius 1 is 1.30 bits per heavy atom. The Hall–Kier alpha value is -2.48. The molecule has 1 N–H and O–H groups in total. The topological polar surface area (TPSA) is 65.8 Å². The first-order valence-electron chi connectivity index (χ1n) is 8.86. The van der Waals surface area contributed by atoms with E-state index < -0.39 is 28.6 Å². The highest BCUT2D eigenvalue weighted by atomic mass is 19.1. The molecule has 1 aliphatic heterocycles. The van der Waals surface area contributed by atoms with Gasteiger partial charge in [-0.2, -0.15) is 0 Å². The molecule has 0 atom stereocenters. The molecule has 1 saturated carbocycles. The van der Waals surface area contributed by atoms with Gasteiger partial charge in [-0.25, -0.2) is 13.6 Å². The van der Waals surface area contributed by atoms with E-state index in [0.29, 0.717) is 13.1 Å². The van der Waals surface area contributed by atoms with Gasteiger partial charge in [0.2, 0.25) is 5.43 Å². The van der Waals surface area contributed by atoms with Gasteiger partial charge in [-0.05, 0) is 39.9 Å². The second kappa shape index (κ2) is 5.76. The molecule has 4 rings (SSSR count). The normalized spacial score (nSPS) is 18.8. The molecule has 27 heavy (non-hydrogen) atoms.